The van der Waals surface area contributed by atoms with Gasteiger partial charge in [0.25, 0.3) is 5.91 Å². The van der Waals surface area contributed by atoms with Crippen LogP contribution >= 0.6 is 0 Å². The summed E-state index contributed by atoms with van der Waals surface area (Å²) in [5.41, 5.74) is 2.82. The van der Waals surface area contributed by atoms with E-state index in [2.05, 4.69) is 36.2 Å². The van der Waals surface area contributed by atoms with E-state index < -0.39 is 0 Å². The number of allylic oxidation sites excluding steroid dienone is 1. The highest BCUT2D eigenvalue weighted by molar-refractivity contribution is 5.95. The molecule has 1 aliphatic rings. The zero-order valence-corrected chi connectivity index (χ0v) is 16.1. The third kappa shape index (κ3) is 3.85. The fraction of sp³-hybridized carbons (Fsp3) is 0.348. The van der Waals surface area contributed by atoms with Gasteiger partial charge in [-0.3, -0.25) is 4.79 Å². The van der Waals surface area contributed by atoms with Gasteiger partial charge in [-0.2, -0.15) is 0 Å². The summed E-state index contributed by atoms with van der Waals surface area (Å²) in [5, 5.41) is 3.14. The topological polar surface area (TPSA) is 47.6 Å². The Hall–Kier alpha value is -2.75. The molecule has 1 fully saturated rings. The molecule has 1 N–H and O–H groups in total. The van der Waals surface area contributed by atoms with Crippen LogP contribution in [0.4, 0.5) is 0 Å². The van der Waals surface area contributed by atoms with Gasteiger partial charge in [-0.1, -0.05) is 42.8 Å². The van der Waals surface area contributed by atoms with Crippen LogP contribution in [0.2, 0.25) is 0 Å². The summed E-state index contributed by atoms with van der Waals surface area (Å²) < 4.78 is 10.9. The van der Waals surface area contributed by atoms with Crippen molar-refractivity contribution in [2.24, 2.45) is 0 Å². The predicted molar refractivity (Wildman–Crippen MR) is 108 cm³/mol. The van der Waals surface area contributed by atoms with E-state index in [-0.39, 0.29) is 11.3 Å². The Morgan fingerprint density at radius 3 is 2.48 bits per heavy atom. The predicted octanol–water partition coefficient (Wildman–Crippen LogP) is 4.28. The van der Waals surface area contributed by atoms with E-state index in [0.29, 0.717) is 30.0 Å². The lowest BCUT2D eigenvalue weighted by molar-refractivity contribution is 0.0927. The van der Waals surface area contributed by atoms with Crippen LogP contribution in [0.25, 0.3) is 0 Å². The molecule has 4 nitrogen and oxygen atoms in total. The van der Waals surface area contributed by atoms with E-state index in [1.807, 2.05) is 12.1 Å². The second-order valence-electron chi connectivity index (χ2n) is 7.05. The third-order valence-corrected chi connectivity index (χ3v) is 5.47. The number of hydrogen-bond donors (Lipinski definition) is 1. The van der Waals surface area contributed by atoms with Crippen molar-refractivity contribution in [2.75, 3.05) is 20.8 Å². The summed E-state index contributed by atoms with van der Waals surface area (Å²) in [6, 6.07) is 14.1. The number of ether oxygens (including phenoxy) is 2. The molecule has 1 aliphatic carbocycles. The zero-order valence-electron chi connectivity index (χ0n) is 16.1. The van der Waals surface area contributed by atoms with Gasteiger partial charge in [0.2, 0.25) is 0 Å². The van der Waals surface area contributed by atoms with Crippen molar-refractivity contribution in [1.29, 1.82) is 0 Å². The summed E-state index contributed by atoms with van der Waals surface area (Å²) in [6.07, 6.45) is 5.80. The summed E-state index contributed by atoms with van der Waals surface area (Å²) >= 11 is 0. The average molecular weight is 365 g/mol. The van der Waals surface area contributed by atoms with Gasteiger partial charge >= 0.3 is 0 Å². The van der Waals surface area contributed by atoms with E-state index in [4.69, 9.17) is 9.47 Å². The first-order chi connectivity index (χ1) is 13.1. The minimum absolute atomic E-state index is 0.0530. The fourth-order valence-corrected chi connectivity index (χ4v) is 3.80. The van der Waals surface area contributed by atoms with Crippen molar-refractivity contribution in [1.82, 2.24) is 5.32 Å². The molecule has 2 aromatic rings. The van der Waals surface area contributed by atoms with Gasteiger partial charge in [-0.25, -0.2) is 0 Å². The number of carbonyl (C=O) groups excluding carboxylic acids is 1. The van der Waals surface area contributed by atoms with Crippen molar-refractivity contribution in [2.45, 2.75) is 31.1 Å². The molecule has 0 aliphatic heterocycles. The number of benzene rings is 2. The second kappa shape index (κ2) is 8.30. The largest absolute Gasteiger partial charge is 0.493 e. The van der Waals surface area contributed by atoms with Crippen LogP contribution in [0.15, 0.2) is 55.1 Å². The highest BCUT2D eigenvalue weighted by atomic mass is 16.5. The molecular weight excluding hydrogens is 338 g/mol. The number of carbonyl (C=O) groups is 1. The third-order valence-electron chi connectivity index (χ3n) is 5.47. The molecule has 0 unspecified atom stereocenters. The maximum absolute atomic E-state index is 12.9. The van der Waals surface area contributed by atoms with Crippen molar-refractivity contribution in [3.8, 4) is 11.5 Å². The van der Waals surface area contributed by atoms with Gasteiger partial charge in [0.05, 0.1) is 14.2 Å². The molecule has 0 heterocycles. The van der Waals surface area contributed by atoms with Crippen molar-refractivity contribution in [3.05, 3.63) is 71.8 Å². The number of hydrogen-bond acceptors (Lipinski definition) is 3. The van der Waals surface area contributed by atoms with Gasteiger partial charge in [0.15, 0.2) is 11.5 Å². The van der Waals surface area contributed by atoms with Crippen LogP contribution in [-0.4, -0.2) is 26.7 Å². The van der Waals surface area contributed by atoms with E-state index in [9.17, 15) is 4.79 Å². The molecule has 0 spiro atoms. The first-order valence-corrected chi connectivity index (χ1v) is 9.33. The fourth-order valence-electron chi connectivity index (χ4n) is 3.80. The highest BCUT2D eigenvalue weighted by Crippen LogP contribution is 2.43. The summed E-state index contributed by atoms with van der Waals surface area (Å²) in [4.78, 5) is 12.9. The van der Waals surface area contributed by atoms with Crippen LogP contribution < -0.4 is 14.8 Å². The lowest BCUT2D eigenvalue weighted by atomic mass is 9.64. The molecule has 0 aromatic heterocycles. The van der Waals surface area contributed by atoms with Crippen LogP contribution in [0.1, 0.15) is 40.7 Å². The number of methoxy groups -OCH3 is 2. The van der Waals surface area contributed by atoms with Crippen molar-refractivity contribution in [3.63, 3.8) is 0 Å². The number of rotatable bonds is 8. The maximum Gasteiger partial charge on any atom is 0.251 e. The minimum Gasteiger partial charge on any atom is -0.493 e. The molecule has 1 amide bonds. The Morgan fingerprint density at radius 1 is 1.19 bits per heavy atom. The lowest BCUT2D eigenvalue weighted by Crippen LogP contribution is -2.45. The van der Waals surface area contributed by atoms with E-state index in [1.54, 1.807) is 26.4 Å². The Labute approximate surface area is 161 Å². The normalized spacial score (nSPS) is 14.7. The van der Waals surface area contributed by atoms with E-state index in [0.717, 1.165) is 18.4 Å². The summed E-state index contributed by atoms with van der Waals surface area (Å²) in [6.45, 7) is 4.43. The molecule has 3 rings (SSSR count). The maximum atomic E-state index is 12.9. The van der Waals surface area contributed by atoms with E-state index in [1.165, 1.54) is 12.0 Å². The number of amides is 1. The average Bonchev–Trinajstić information content (AvgIpc) is 2.67. The first kappa shape index (κ1) is 19.0. The van der Waals surface area contributed by atoms with Crippen LogP contribution in [0.3, 0.4) is 0 Å². The lowest BCUT2D eigenvalue weighted by Gasteiger charge is -2.42. The van der Waals surface area contributed by atoms with Crippen molar-refractivity contribution < 1.29 is 14.3 Å². The zero-order chi connectivity index (χ0) is 19.3. The smallest absolute Gasteiger partial charge is 0.251 e. The van der Waals surface area contributed by atoms with Gasteiger partial charge < -0.3 is 14.8 Å². The summed E-state index contributed by atoms with van der Waals surface area (Å²) in [5.74, 6) is 1.11. The summed E-state index contributed by atoms with van der Waals surface area (Å²) in [7, 11) is 3.18. The van der Waals surface area contributed by atoms with Gasteiger partial charge in [0.1, 0.15) is 0 Å². The van der Waals surface area contributed by atoms with Crippen LogP contribution in [0, 0.1) is 0 Å². The molecule has 142 valence electrons. The van der Waals surface area contributed by atoms with Crippen LogP contribution in [0.5, 0.6) is 11.5 Å². The Balaban J connectivity index is 1.80. The van der Waals surface area contributed by atoms with Crippen molar-refractivity contribution >= 4 is 5.91 Å². The molecule has 27 heavy (non-hydrogen) atoms. The van der Waals surface area contributed by atoms with E-state index >= 15 is 0 Å². The van der Waals surface area contributed by atoms with Gasteiger partial charge in [-0.05, 0) is 37.0 Å². The molecule has 2 aromatic carbocycles. The standard InChI is InChI=1S/C23H27NO3/c1-4-9-17-14-18(15-20(26-2)21(17)27-3)22(25)24-16-23(12-8-13-23)19-10-6-5-7-11-19/h4-7,10-11,14-15H,1,8-9,12-13,16H2,2-3H3,(H,24,25). The Bertz CT molecular complexity index is 810. The Morgan fingerprint density at radius 2 is 1.93 bits per heavy atom. The molecular formula is C23H27NO3. The van der Waals surface area contributed by atoms with Gasteiger partial charge in [0, 0.05) is 23.1 Å². The first-order valence-electron chi connectivity index (χ1n) is 9.33. The minimum atomic E-state index is -0.0940. The quantitative estimate of drug-likeness (QED) is 0.710. The molecule has 0 bridgehead atoms. The number of nitrogens with one attached hydrogen (secondary N) is 1. The monoisotopic (exact) mass is 365 g/mol. The SMILES string of the molecule is C=CCc1cc(C(=O)NCC2(c3ccccc3)CCC2)cc(OC)c1OC. The highest BCUT2D eigenvalue weighted by Gasteiger charge is 2.38. The molecule has 0 saturated heterocycles. The molecule has 1 saturated carbocycles. The Kier molecular flexibility index (Phi) is 5.84. The van der Waals surface area contributed by atoms with Crippen LogP contribution in [-0.2, 0) is 11.8 Å². The molecule has 0 radical (unpaired) electrons. The second-order valence-corrected chi connectivity index (χ2v) is 7.05. The molecule has 0 atom stereocenters. The van der Waals surface area contributed by atoms with Gasteiger partial charge in [-0.15, -0.1) is 6.58 Å². The molecule has 4 heteroatoms.